The molecule has 0 fully saturated rings. The largest absolute Gasteiger partial charge is 0.381 e. The van der Waals surface area contributed by atoms with Gasteiger partial charge in [0.2, 0.25) is 0 Å². The van der Waals surface area contributed by atoms with Crippen molar-refractivity contribution >= 4 is 17.1 Å². The fourth-order valence-corrected chi connectivity index (χ4v) is 6.02. The highest BCUT2D eigenvalue weighted by molar-refractivity contribution is 5.60. The van der Waals surface area contributed by atoms with Gasteiger partial charge in [-0.1, -0.05) is 120 Å². The lowest BCUT2D eigenvalue weighted by atomic mass is 9.76. The first kappa shape index (κ1) is 31.1. The van der Waals surface area contributed by atoms with Crippen LogP contribution in [0.25, 0.3) is 0 Å². The van der Waals surface area contributed by atoms with E-state index in [9.17, 15) is 0 Å². The van der Waals surface area contributed by atoms with Crippen molar-refractivity contribution in [1.82, 2.24) is 0 Å². The molecule has 0 amide bonds. The molecular weight excluding hydrogens is 532 g/mol. The molecule has 0 aliphatic heterocycles. The molecule has 0 aliphatic rings. The molecule has 0 aromatic heterocycles. The second-order valence-corrected chi connectivity index (χ2v) is 14.2. The molecule has 2 nitrogen and oxygen atoms in total. The second-order valence-electron chi connectivity index (χ2n) is 14.2. The Morgan fingerprint density at radius 3 is 1.25 bits per heavy atom. The van der Waals surface area contributed by atoms with E-state index < -0.39 is 0 Å². The summed E-state index contributed by atoms with van der Waals surface area (Å²) >= 11 is 0. The minimum atomic E-state index is 0.115. The lowest BCUT2D eigenvalue weighted by molar-refractivity contribution is 0.559. The summed E-state index contributed by atoms with van der Waals surface area (Å²) in [6, 6.07) is 41.8. The molecule has 0 bridgehead atoms. The summed E-state index contributed by atoms with van der Waals surface area (Å²) in [4.78, 5) is 0. The Morgan fingerprint density at radius 2 is 0.841 bits per heavy atom. The maximum atomic E-state index is 3.67. The molecule has 2 N–H and O–H groups in total. The summed E-state index contributed by atoms with van der Waals surface area (Å²) in [5.74, 6) is 0. The molecule has 0 spiro atoms. The number of nitrogens with one attached hydrogen (secondary N) is 2. The highest BCUT2D eigenvalue weighted by Gasteiger charge is 2.24. The Bertz CT molecular complexity index is 1610. The summed E-state index contributed by atoms with van der Waals surface area (Å²) in [5, 5.41) is 7.21. The molecule has 5 aromatic rings. The number of rotatable bonds is 9. The van der Waals surface area contributed by atoms with Gasteiger partial charge < -0.3 is 10.6 Å². The molecule has 0 heterocycles. The molecule has 5 aromatic carbocycles. The van der Waals surface area contributed by atoms with Gasteiger partial charge in [-0.2, -0.15) is 0 Å². The van der Waals surface area contributed by atoms with E-state index in [4.69, 9.17) is 0 Å². The molecule has 226 valence electrons. The van der Waals surface area contributed by atoms with Gasteiger partial charge in [0.1, 0.15) is 0 Å². The molecule has 0 unspecified atom stereocenters. The smallest absolute Gasteiger partial charge is 0.0400 e. The fourth-order valence-electron chi connectivity index (χ4n) is 6.02. The van der Waals surface area contributed by atoms with E-state index in [-0.39, 0.29) is 10.8 Å². The Kier molecular flexibility index (Phi) is 9.30. The summed E-state index contributed by atoms with van der Waals surface area (Å²) in [5.41, 5.74) is 14.5. The van der Waals surface area contributed by atoms with Crippen LogP contribution in [0.15, 0.2) is 115 Å². The zero-order chi connectivity index (χ0) is 31.3. The Hall–Kier alpha value is -4.30. The van der Waals surface area contributed by atoms with E-state index in [2.05, 4.69) is 174 Å². The number of benzene rings is 5. The van der Waals surface area contributed by atoms with E-state index in [1.54, 1.807) is 0 Å². The third-order valence-electron chi connectivity index (χ3n) is 8.39. The van der Waals surface area contributed by atoms with E-state index in [1.165, 1.54) is 44.5 Å². The maximum Gasteiger partial charge on any atom is 0.0400 e. The summed E-state index contributed by atoms with van der Waals surface area (Å²) in [6.07, 6.45) is 1.87. The molecule has 0 aliphatic carbocycles. The quantitative estimate of drug-likeness (QED) is 0.181. The average molecular weight is 581 g/mol. The topological polar surface area (TPSA) is 24.1 Å². The van der Waals surface area contributed by atoms with Crippen LogP contribution in [0.4, 0.5) is 17.1 Å². The van der Waals surface area contributed by atoms with Crippen molar-refractivity contribution in [3.05, 3.63) is 160 Å². The molecule has 0 saturated carbocycles. The normalized spacial score (nSPS) is 11.8. The second kappa shape index (κ2) is 13.1. The van der Waals surface area contributed by atoms with Gasteiger partial charge in [0.05, 0.1) is 0 Å². The van der Waals surface area contributed by atoms with Crippen LogP contribution < -0.4 is 10.6 Å². The Labute approximate surface area is 265 Å². The van der Waals surface area contributed by atoms with E-state index in [1.807, 2.05) is 0 Å². The highest BCUT2D eigenvalue weighted by Crippen LogP contribution is 2.35. The van der Waals surface area contributed by atoms with Crippen LogP contribution in [-0.2, 0) is 30.2 Å². The highest BCUT2D eigenvalue weighted by atomic mass is 14.9. The van der Waals surface area contributed by atoms with E-state index >= 15 is 0 Å². The van der Waals surface area contributed by atoms with Crippen LogP contribution in [0.1, 0.15) is 86.1 Å². The number of hydrogen-bond donors (Lipinski definition) is 2. The first-order chi connectivity index (χ1) is 20.9. The minimum Gasteiger partial charge on any atom is -0.381 e. The maximum absolute atomic E-state index is 3.67. The number of anilines is 3. The zero-order valence-electron chi connectivity index (χ0n) is 27.6. The first-order valence-corrected chi connectivity index (χ1v) is 15.9. The van der Waals surface area contributed by atoms with Crippen LogP contribution in [0.5, 0.6) is 0 Å². The molecule has 0 atom stereocenters. The fraction of sp³-hybridized carbons (Fsp3) is 0.286. The zero-order valence-corrected chi connectivity index (χ0v) is 27.6. The molecule has 0 radical (unpaired) electrons. The summed E-state index contributed by atoms with van der Waals surface area (Å²) in [7, 11) is 0. The average Bonchev–Trinajstić information content (AvgIpc) is 2.99. The molecule has 5 rings (SSSR count). The van der Waals surface area contributed by atoms with Gasteiger partial charge in [0.25, 0.3) is 0 Å². The van der Waals surface area contributed by atoms with Gasteiger partial charge in [0.15, 0.2) is 0 Å². The van der Waals surface area contributed by atoms with Gasteiger partial charge in [0, 0.05) is 23.6 Å². The Balaban J connectivity index is 1.16. The van der Waals surface area contributed by atoms with Crippen LogP contribution in [-0.4, -0.2) is 0 Å². The summed E-state index contributed by atoms with van der Waals surface area (Å²) < 4.78 is 0. The standard InChI is InChI=1S/C42H48N2/c1-30-39(41(2,3)4)27-35(28-40(30)42(5,6)7)29-43-36-19-13-32(14-20-36)26-34-17-23-38(24-18-34)44-37-21-15-33(16-22-37)25-31-11-9-8-10-12-31/h8-24,27-28,43-44H,25-26,29H2,1-7H3. The lowest BCUT2D eigenvalue weighted by Crippen LogP contribution is -2.20. The predicted octanol–water partition coefficient (Wildman–Crippen LogP) is 11.1. The summed E-state index contributed by atoms with van der Waals surface area (Å²) in [6.45, 7) is 17.0. The van der Waals surface area contributed by atoms with Crippen LogP contribution >= 0.6 is 0 Å². The van der Waals surface area contributed by atoms with Crippen molar-refractivity contribution in [3.63, 3.8) is 0 Å². The van der Waals surface area contributed by atoms with E-state index in [0.717, 1.165) is 36.4 Å². The van der Waals surface area contributed by atoms with Gasteiger partial charge in [-0.3, -0.25) is 0 Å². The van der Waals surface area contributed by atoms with Crippen molar-refractivity contribution in [3.8, 4) is 0 Å². The van der Waals surface area contributed by atoms with Crippen molar-refractivity contribution < 1.29 is 0 Å². The number of hydrogen-bond acceptors (Lipinski definition) is 2. The van der Waals surface area contributed by atoms with Crippen molar-refractivity contribution in [2.45, 2.75) is 78.7 Å². The van der Waals surface area contributed by atoms with E-state index in [0.29, 0.717) is 0 Å². The van der Waals surface area contributed by atoms with Crippen LogP contribution in [0.3, 0.4) is 0 Å². The van der Waals surface area contributed by atoms with Gasteiger partial charge in [-0.15, -0.1) is 0 Å². The van der Waals surface area contributed by atoms with Gasteiger partial charge >= 0.3 is 0 Å². The third-order valence-corrected chi connectivity index (χ3v) is 8.39. The molecule has 44 heavy (non-hydrogen) atoms. The monoisotopic (exact) mass is 580 g/mol. The van der Waals surface area contributed by atoms with Crippen LogP contribution in [0.2, 0.25) is 0 Å². The first-order valence-electron chi connectivity index (χ1n) is 15.9. The third kappa shape index (κ3) is 8.20. The predicted molar refractivity (Wildman–Crippen MR) is 191 cm³/mol. The van der Waals surface area contributed by atoms with Crippen molar-refractivity contribution in [1.29, 1.82) is 0 Å². The minimum absolute atomic E-state index is 0.115. The lowest BCUT2D eigenvalue weighted by Gasteiger charge is -2.30. The molecule has 2 heteroatoms. The van der Waals surface area contributed by atoms with Crippen molar-refractivity contribution in [2.24, 2.45) is 0 Å². The van der Waals surface area contributed by atoms with Gasteiger partial charge in [-0.05, 0) is 112 Å². The molecule has 0 saturated heterocycles. The molecular formula is C42H48N2. The Morgan fingerprint density at radius 1 is 0.455 bits per heavy atom. The van der Waals surface area contributed by atoms with Crippen LogP contribution in [0, 0.1) is 6.92 Å². The SMILES string of the molecule is Cc1c(C(C)(C)C)cc(CNc2ccc(Cc3ccc(Nc4ccc(Cc5ccccc5)cc4)cc3)cc2)cc1C(C)(C)C. The van der Waals surface area contributed by atoms with Crippen molar-refractivity contribution in [2.75, 3.05) is 10.6 Å². The van der Waals surface area contributed by atoms with Gasteiger partial charge in [-0.25, -0.2) is 0 Å².